The molecule has 1 aliphatic rings. The molecule has 1 saturated heterocycles. The van der Waals surface area contributed by atoms with Crippen molar-refractivity contribution in [2.24, 2.45) is 5.92 Å². The monoisotopic (exact) mass is 140 g/mol. The van der Waals surface area contributed by atoms with Crippen LogP contribution >= 0.6 is 0 Å². The van der Waals surface area contributed by atoms with Crippen LogP contribution in [0.25, 0.3) is 0 Å². The second kappa shape index (κ2) is 3.38. The van der Waals surface area contributed by atoms with E-state index in [0.29, 0.717) is 6.04 Å². The van der Waals surface area contributed by atoms with Crippen LogP contribution in [0.3, 0.4) is 0 Å². The second-order valence-corrected chi connectivity index (χ2v) is 3.68. The van der Waals surface area contributed by atoms with Crippen molar-refractivity contribution < 1.29 is 0 Å². The molecule has 1 fully saturated rings. The molecular weight excluding hydrogens is 122 g/mol. The first kappa shape index (κ1) is 8.06. The fraction of sp³-hybridized carbons (Fsp3) is 0.889. The lowest BCUT2D eigenvalue weighted by atomic mass is 10.2. The van der Waals surface area contributed by atoms with Crippen LogP contribution in [0.1, 0.15) is 26.7 Å². The highest BCUT2D eigenvalue weighted by molar-refractivity contribution is 4.80. The standard InChI is InChI=1S/C9H18N/c1-8(2)7-10-6-4-5-9(10)3/h8-9H,3-7H2,1-2H3/t9-/m0/s1. The van der Waals surface area contributed by atoms with Gasteiger partial charge in [-0.15, -0.1) is 0 Å². The summed E-state index contributed by atoms with van der Waals surface area (Å²) in [7, 11) is 0. The van der Waals surface area contributed by atoms with Crippen molar-refractivity contribution in [2.75, 3.05) is 13.1 Å². The summed E-state index contributed by atoms with van der Waals surface area (Å²) < 4.78 is 0. The summed E-state index contributed by atoms with van der Waals surface area (Å²) >= 11 is 0. The average molecular weight is 140 g/mol. The molecule has 0 aliphatic carbocycles. The van der Waals surface area contributed by atoms with Crippen LogP contribution in [0.5, 0.6) is 0 Å². The van der Waals surface area contributed by atoms with Gasteiger partial charge in [-0.05, 0) is 32.2 Å². The van der Waals surface area contributed by atoms with Crippen molar-refractivity contribution >= 4 is 0 Å². The molecule has 0 N–H and O–H groups in total. The predicted molar refractivity (Wildman–Crippen MR) is 44.8 cm³/mol. The van der Waals surface area contributed by atoms with Crippen molar-refractivity contribution in [3.8, 4) is 0 Å². The Kier molecular flexibility index (Phi) is 2.72. The summed E-state index contributed by atoms with van der Waals surface area (Å²) in [6.07, 6.45) is 2.65. The SMILES string of the molecule is [CH2][C@H]1CCCN1CC(C)C. The van der Waals surface area contributed by atoms with E-state index in [1.807, 2.05) is 0 Å². The molecule has 1 radical (unpaired) electrons. The average Bonchev–Trinajstić information content (AvgIpc) is 2.15. The minimum Gasteiger partial charge on any atom is -0.300 e. The molecule has 0 aromatic rings. The quantitative estimate of drug-likeness (QED) is 0.566. The van der Waals surface area contributed by atoms with Crippen molar-refractivity contribution in [3.05, 3.63) is 6.92 Å². The van der Waals surface area contributed by atoms with Gasteiger partial charge in [-0.25, -0.2) is 0 Å². The van der Waals surface area contributed by atoms with Crippen molar-refractivity contribution in [2.45, 2.75) is 32.7 Å². The Morgan fingerprint density at radius 1 is 1.60 bits per heavy atom. The van der Waals surface area contributed by atoms with Gasteiger partial charge in [0.25, 0.3) is 0 Å². The highest BCUT2D eigenvalue weighted by Gasteiger charge is 2.19. The smallest absolute Gasteiger partial charge is 0.00964 e. The lowest BCUT2D eigenvalue weighted by Crippen LogP contribution is -2.30. The highest BCUT2D eigenvalue weighted by atomic mass is 15.2. The fourth-order valence-corrected chi connectivity index (χ4v) is 1.60. The molecule has 0 spiro atoms. The summed E-state index contributed by atoms with van der Waals surface area (Å²) in [4.78, 5) is 2.49. The number of hydrogen-bond donors (Lipinski definition) is 0. The third-order valence-electron chi connectivity index (χ3n) is 2.10. The van der Waals surface area contributed by atoms with Crippen LogP contribution < -0.4 is 0 Å². The Bertz CT molecular complexity index is 98.9. The molecule has 10 heavy (non-hydrogen) atoms. The van der Waals surface area contributed by atoms with E-state index in [1.165, 1.54) is 25.9 Å². The molecule has 0 unspecified atom stereocenters. The third kappa shape index (κ3) is 1.98. The minimum atomic E-state index is 0.599. The lowest BCUT2D eigenvalue weighted by molar-refractivity contribution is 0.255. The Balaban J connectivity index is 2.26. The number of nitrogens with zero attached hydrogens (tertiary/aromatic N) is 1. The van der Waals surface area contributed by atoms with Gasteiger partial charge in [-0.2, -0.15) is 0 Å². The summed E-state index contributed by atoms with van der Waals surface area (Å²) in [6, 6.07) is 0.599. The summed E-state index contributed by atoms with van der Waals surface area (Å²) in [5.41, 5.74) is 0. The van der Waals surface area contributed by atoms with E-state index in [1.54, 1.807) is 0 Å². The zero-order valence-electron chi connectivity index (χ0n) is 7.14. The predicted octanol–water partition coefficient (Wildman–Crippen LogP) is 1.94. The summed E-state index contributed by atoms with van der Waals surface area (Å²) in [5.74, 6) is 0.794. The van der Waals surface area contributed by atoms with Crippen molar-refractivity contribution in [3.63, 3.8) is 0 Å². The summed E-state index contributed by atoms with van der Waals surface area (Å²) in [5, 5.41) is 0. The van der Waals surface area contributed by atoms with Gasteiger partial charge in [-0.1, -0.05) is 13.8 Å². The first-order valence-corrected chi connectivity index (χ1v) is 4.27. The maximum Gasteiger partial charge on any atom is 0.00964 e. The van der Waals surface area contributed by atoms with Crippen LogP contribution in [0.15, 0.2) is 0 Å². The van der Waals surface area contributed by atoms with Crippen molar-refractivity contribution in [1.82, 2.24) is 4.90 Å². The first-order valence-electron chi connectivity index (χ1n) is 4.27. The molecule has 0 saturated carbocycles. The molecule has 0 aromatic carbocycles. The number of likely N-dealkylation sites (tertiary alicyclic amines) is 1. The molecular formula is C9H18N. The second-order valence-electron chi connectivity index (χ2n) is 3.68. The van der Waals surface area contributed by atoms with E-state index < -0.39 is 0 Å². The molecule has 1 heterocycles. The van der Waals surface area contributed by atoms with Gasteiger partial charge < -0.3 is 4.90 Å². The molecule has 1 nitrogen and oxygen atoms in total. The molecule has 1 atom stereocenters. The zero-order chi connectivity index (χ0) is 7.56. The number of hydrogen-bond acceptors (Lipinski definition) is 1. The Labute approximate surface area is 64.4 Å². The maximum absolute atomic E-state index is 4.10. The minimum absolute atomic E-state index is 0.599. The molecule has 1 aliphatic heterocycles. The normalized spacial score (nSPS) is 28.2. The van der Waals surface area contributed by atoms with E-state index in [9.17, 15) is 0 Å². The Hall–Kier alpha value is -0.0400. The van der Waals surface area contributed by atoms with Crippen molar-refractivity contribution in [1.29, 1.82) is 0 Å². The van der Waals surface area contributed by atoms with Crippen LogP contribution in [0, 0.1) is 12.8 Å². The van der Waals surface area contributed by atoms with Gasteiger partial charge in [0.1, 0.15) is 0 Å². The van der Waals surface area contributed by atoms with Crippen LogP contribution in [-0.4, -0.2) is 24.0 Å². The van der Waals surface area contributed by atoms with E-state index in [2.05, 4.69) is 25.7 Å². The maximum atomic E-state index is 4.10. The van der Waals surface area contributed by atoms with Crippen LogP contribution in [-0.2, 0) is 0 Å². The van der Waals surface area contributed by atoms with E-state index >= 15 is 0 Å². The largest absolute Gasteiger partial charge is 0.300 e. The molecule has 59 valence electrons. The van der Waals surface area contributed by atoms with E-state index in [0.717, 1.165) is 5.92 Å². The highest BCUT2D eigenvalue weighted by Crippen LogP contribution is 2.16. The van der Waals surface area contributed by atoms with Gasteiger partial charge >= 0.3 is 0 Å². The topological polar surface area (TPSA) is 3.24 Å². The lowest BCUT2D eigenvalue weighted by Gasteiger charge is -2.22. The van der Waals surface area contributed by atoms with E-state index in [-0.39, 0.29) is 0 Å². The van der Waals surface area contributed by atoms with E-state index in [4.69, 9.17) is 0 Å². The van der Waals surface area contributed by atoms with Gasteiger partial charge in [0, 0.05) is 12.6 Å². The Morgan fingerprint density at radius 2 is 2.30 bits per heavy atom. The zero-order valence-corrected chi connectivity index (χ0v) is 7.14. The molecule has 0 aromatic heterocycles. The molecule has 0 amide bonds. The van der Waals surface area contributed by atoms with Crippen LogP contribution in [0.2, 0.25) is 0 Å². The first-order chi connectivity index (χ1) is 4.70. The van der Waals surface area contributed by atoms with Gasteiger partial charge in [0.15, 0.2) is 0 Å². The fourth-order valence-electron chi connectivity index (χ4n) is 1.60. The third-order valence-corrected chi connectivity index (χ3v) is 2.10. The van der Waals surface area contributed by atoms with Gasteiger partial charge in [0.05, 0.1) is 0 Å². The molecule has 1 heteroatoms. The van der Waals surface area contributed by atoms with Gasteiger partial charge in [-0.3, -0.25) is 0 Å². The molecule has 1 rings (SSSR count). The Morgan fingerprint density at radius 3 is 2.70 bits per heavy atom. The summed E-state index contributed by atoms with van der Waals surface area (Å²) in [6.45, 7) is 11.1. The number of rotatable bonds is 2. The molecule has 0 bridgehead atoms. The van der Waals surface area contributed by atoms with Crippen LogP contribution in [0.4, 0.5) is 0 Å². The van der Waals surface area contributed by atoms with Gasteiger partial charge in [0.2, 0.25) is 0 Å².